The van der Waals surface area contributed by atoms with Gasteiger partial charge < -0.3 is 9.16 Å². The van der Waals surface area contributed by atoms with Crippen molar-refractivity contribution in [1.82, 2.24) is 0 Å². The molecule has 2 rings (SSSR count). The summed E-state index contributed by atoms with van der Waals surface area (Å²) in [5.74, 6) is 1.37. The van der Waals surface area contributed by atoms with Crippen molar-refractivity contribution in [3.05, 3.63) is 0 Å². The molecule has 3 nitrogen and oxygen atoms in total. The first-order valence-electron chi connectivity index (χ1n) is 11.4. The molecule has 0 aromatic carbocycles. The van der Waals surface area contributed by atoms with E-state index in [1.807, 2.05) is 6.92 Å². The molecule has 0 aromatic heterocycles. The number of hydrogen-bond donors (Lipinski definition) is 0. The number of hydrogen-bond acceptors (Lipinski definition) is 4. The van der Waals surface area contributed by atoms with Crippen LogP contribution >= 0.6 is 11.8 Å². The van der Waals surface area contributed by atoms with Crippen LogP contribution in [-0.4, -0.2) is 36.5 Å². The molecule has 2 aliphatic rings. The van der Waals surface area contributed by atoms with Gasteiger partial charge in [0.15, 0.2) is 11.2 Å². The zero-order valence-corrected chi connectivity index (χ0v) is 21.7. The number of fused-ring (bicyclic) bond motifs is 1. The first-order chi connectivity index (χ1) is 12.8. The number of carbonyl (C=O) groups is 1. The highest BCUT2D eigenvalue weighted by Crippen LogP contribution is 2.51. The normalized spacial score (nSPS) is 31.9. The molecule has 1 saturated heterocycles. The van der Waals surface area contributed by atoms with Gasteiger partial charge in [-0.25, -0.2) is 0 Å². The predicted octanol–water partition coefficient (Wildman–Crippen LogP) is 6.81. The van der Waals surface area contributed by atoms with Gasteiger partial charge in [0.2, 0.25) is 8.32 Å². The molecule has 28 heavy (non-hydrogen) atoms. The summed E-state index contributed by atoms with van der Waals surface area (Å²) in [5, 5.41) is 0. The Labute approximate surface area is 179 Å². The summed E-state index contributed by atoms with van der Waals surface area (Å²) in [6.45, 7) is 22.5. The first kappa shape index (κ1) is 24.4. The largest absolute Gasteiger partial charge is 0.406 e. The Hall–Kier alpha value is 0.157. The van der Waals surface area contributed by atoms with Crippen molar-refractivity contribution in [2.24, 2.45) is 11.8 Å². The average molecular weight is 429 g/mol. The molecular formula is C23H44O3SSi. The summed E-state index contributed by atoms with van der Waals surface area (Å²) < 4.78 is 13.3. The fourth-order valence-corrected chi connectivity index (χ4v) is 13.0. The van der Waals surface area contributed by atoms with Crippen molar-refractivity contribution in [3.8, 4) is 0 Å². The van der Waals surface area contributed by atoms with Gasteiger partial charge in [0.05, 0.1) is 6.10 Å². The highest BCUT2D eigenvalue weighted by molar-refractivity contribution is 8.01. The van der Waals surface area contributed by atoms with Gasteiger partial charge in [0.1, 0.15) is 6.10 Å². The quantitative estimate of drug-likeness (QED) is 0.417. The highest BCUT2D eigenvalue weighted by Gasteiger charge is 2.51. The van der Waals surface area contributed by atoms with E-state index in [9.17, 15) is 4.79 Å². The number of ketones is 1. The van der Waals surface area contributed by atoms with Gasteiger partial charge in [-0.15, -0.1) is 11.8 Å². The fraction of sp³-hybridized carbons (Fsp3) is 0.957. The summed E-state index contributed by atoms with van der Waals surface area (Å²) in [6, 6.07) is 0. The maximum Gasteiger partial charge on any atom is 0.201 e. The number of thioether (sulfide) groups is 1. The smallest absolute Gasteiger partial charge is 0.201 e. The van der Waals surface area contributed by atoms with E-state index in [1.54, 1.807) is 11.8 Å². The molecule has 0 amide bonds. The van der Waals surface area contributed by atoms with Crippen molar-refractivity contribution in [3.63, 3.8) is 0 Å². The minimum absolute atomic E-state index is 0.0752. The van der Waals surface area contributed by atoms with Crippen molar-refractivity contribution in [1.29, 1.82) is 0 Å². The molecule has 5 atom stereocenters. The maximum absolute atomic E-state index is 13.4. The van der Waals surface area contributed by atoms with Crippen molar-refractivity contribution >= 4 is 25.9 Å². The Morgan fingerprint density at radius 3 is 2.07 bits per heavy atom. The molecule has 1 saturated carbocycles. The third-order valence-corrected chi connectivity index (χ3v) is 15.0. The Morgan fingerprint density at radius 2 is 1.57 bits per heavy atom. The number of carbonyl (C=O) groups excluding carboxylic acids is 1. The second-order valence-electron chi connectivity index (χ2n) is 10.7. The molecule has 2 fully saturated rings. The van der Waals surface area contributed by atoms with E-state index in [0.717, 1.165) is 6.42 Å². The Balaban J connectivity index is 2.18. The van der Waals surface area contributed by atoms with Crippen LogP contribution in [-0.2, 0) is 14.0 Å². The molecule has 0 radical (unpaired) electrons. The highest BCUT2D eigenvalue weighted by atomic mass is 32.2. The average Bonchev–Trinajstić information content (AvgIpc) is 2.56. The van der Waals surface area contributed by atoms with Crippen LogP contribution in [0.4, 0.5) is 0 Å². The zero-order valence-electron chi connectivity index (χ0n) is 19.9. The van der Waals surface area contributed by atoms with Gasteiger partial charge in [-0.3, -0.25) is 4.79 Å². The molecule has 1 unspecified atom stereocenters. The molecule has 5 heteroatoms. The van der Waals surface area contributed by atoms with Gasteiger partial charge >= 0.3 is 0 Å². The van der Waals surface area contributed by atoms with Crippen LogP contribution in [0.5, 0.6) is 0 Å². The molecule has 0 aromatic rings. The Bertz CT molecular complexity index is 524. The molecule has 164 valence electrons. The van der Waals surface area contributed by atoms with Crippen LogP contribution in [0.15, 0.2) is 0 Å². The maximum atomic E-state index is 13.4. The van der Waals surface area contributed by atoms with Crippen LogP contribution in [0.3, 0.4) is 0 Å². The van der Waals surface area contributed by atoms with E-state index < -0.39 is 19.9 Å². The van der Waals surface area contributed by atoms with Crippen LogP contribution < -0.4 is 0 Å². The predicted molar refractivity (Wildman–Crippen MR) is 123 cm³/mol. The summed E-state index contributed by atoms with van der Waals surface area (Å²) >= 11 is 1.73. The van der Waals surface area contributed by atoms with Crippen molar-refractivity contribution in [2.75, 3.05) is 0 Å². The molecule has 1 aliphatic heterocycles. The molecule has 0 N–H and O–H groups in total. The summed E-state index contributed by atoms with van der Waals surface area (Å²) in [7, 11) is -2.08. The van der Waals surface area contributed by atoms with E-state index in [-0.39, 0.29) is 16.6 Å². The topological polar surface area (TPSA) is 35.5 Å². The minimum Gasteiger partial charge on any atom is -0.406 e. The lowest BCUT2D eigenvalue weighted by Crippen LogP contribution is -2.55. The Morgan fingerprint density at radius 1 is 1.04 bits per heavy atom. The standard InChI is InChI=1S/C23H44O3SSi/c1-14(2)28(15(3)4,16(5)6)26-18(8)21(24)22-25-20-13-17(7)11-12-19(20)23(9,10)27-22/h14-20,22H,11-13H2,1-10H3/t17-,18?,19-,20-,22-/m1/s1. The minimum atomic E-state index is -2.08. The molecule has 1 aliphatic carbocycles. The zero-order chi connectivity index (χ0) is 21.4. The lowest BCUT2D eigenvalue weighted by atomic mass is 9.75. The second-order valence-corrected chi connectivity index (χ2v) is 17.9. The number of Topliss-reactive ketones (excluding diaryl/α,β-unsaturated/α-hetero) is 1. The van der Waals surface area contributed by atoms with Gasteiger partial charge in [-0.05, 0) is 48.2 Å². The third kappa shape index (κ3) is 4.73. The van der Waals surface area contributed by atoms with Crippen LogP contribution in [0, 0.1) is 11.8 Å². The summed E-state index contributed by atoms with van der Waals surface area (Å²) in [6.07, 6.45) is 3.38. The monoisotopic (exact) mass is 428 g/mol. The number of rotatable bonds is 7. The fourth-order valence-electron chi connectivity index (χ4n) is 5.91. The SMILES string of the molecule is CC(O[Si](C(C)C)(C(C)C)C(C)C)C(=O)[C@@H]1O[C@@H]2C[C@H](C)CC[C@H]2C(C)(C)S1. The van der Waals surface area contributed by atoms with Gasteiger partial charge in [0.25, 0.3) is 0 Å². The van der Waals surface area contributed by atoms with E-state index in [1.165, 1.54) is 12.8 Å². The van der Waals surface area contributed by atoms with E-state index in [2.05, 4.69) is 62.3 Å². The van der Waals surface area contributed by atoms with Crippen molar-refractivity contribution in [2.45, 2.75) is 128 Å². The van der Waals surface area contributed by atoms with Gasteiger partial charge in [0, 0.05) is 4.75 Å². The lowest BCUT2D eigenvalue weighted by molar-refractivity contribution is -0.140. The van der Waals surface area contributed by atoms with E-state index in [0.29, 0.717) is 28.5 Å². The van der Waals surface area contributed by atoms with E-state index >= 15 is 0 Å². The first-order valence-corrected chi connectivity index (χ1v) is 14.4. The summed E-state index contributed by atoms with van der Waals surface area (Å²) in [4.78, 5) is 13.4. The van der Waals surface area contributed by atoms with Crippen LogP contribution in [0.25, 0.3) is 0 Å². The molecule has 1 heterocycles. The van der Waals surface area contributed by atoms with Crippen molar-refractivity contribution < 1.29 is 14.0 Å². The van der Waals surface area contributed by atoms with Gasteiger partial charge in [-0.2, -0.15) is 0 Å². The second kappa shape index (κ2) is 9.11. The van der Waals surface area contributed by atoms with Crippen LogP contribution in [0.2, 0.25) is 16.6 Å². The third-order valence-electron chi connectivity index (χ3n) is 7.38. The van der Waals surface area contributed by atoms with Crippen LogP contribution in [0.1, 0.15) is 88.5 Å². The number of ether oxygens (including phenoxy) is 1. The van der Waals surface area contributed by atoms with Gasteiger partial charge in [-0.1, -0.05) is 68.7 Å². The molecule has 0 bridgehead atoms. The lowest BCUT2D eigenvalue weighted by Gasteiger charge is -2.50. The molecule has 0 spiro atoms. The summed E-state index contributed by atoms with van der Waals surface area (Å²) in [5.41, 5.74) is 1.03. The Kier molecular flexibility index (Phi) is 7.95. The molecular weight excluding hydrogens is 384 g/mol. The van der Waals surface area contributed by atoms with E-state index in [4.69, 9.17) is 9.16 Å².